The first-order valence-corrected chi connectivity index (χ1v) is 8.14. The normalized spacial score (nSPS) is 12.2. The van der Waals surface area contributed by atoms with Crippen molar-refractivity contribution in [2.24, 2.45) is 0 Å². The van der Waals surface area contributed by atoms with Crippen LogP contribution in [-0.4, -0.2) is 21.4 Å². The van der Waals surface area contributed by atoms with Crippen molar-refractivity contribution < 1.29 is 4.79 Å². The third kappa shape index (κ3) is 4.05. The van der Waals surface area contributed by atoms with E-state index in [4.69, 9.17) is 0 Å². The highest BCUT2D eigenvalue weighted by Crippen LogP contribution is 2.25. The summed E-state index contributed by atoms with van der Waals surface area (Å²) < 4.78 is 0. The Morgan fingerprint density at radius 2 is 2.05 bits per heavy atom. The highest BCUT2D eigenvalue weighted by atomic mass is 32.2. The molecule has 1 aromatic heterocycles. The molecule has 1 atom stereocenters. The van der Waals surface area contributed by atoms with Crippen LogP contribution in [-0.2, 0) is 11.2 Å². The summed E-state index contributed by atoms with van der Waals surface area (Å²) in [4.78, 5) is 13.2. The quantitative estimate of drug-likeness (QED) is 0.859. The van der Waals surface area contributed by atoms with Crippen LogP contribution in [0.4, 0.5) is 5.13 Å². The fourth-order valence-electron chi connectivity index (χ4n) is 1.53. The summed E-state index contributed by atoms with van der Waals surface area (Å²) in [6.07, 6.45) is 0.835. The van der Waals surface area contributed by atoms with Gasteiger partial charge in [-0.3, -0.25) is 10.1 Å². The maximum absolute atomic E-state index is 12.1. The molecule has 1 aromatic carbocycles. The zero-order chi connectivity index (χ0) is 14.5. The summed E-state index contributed by atoms with van der Waals surface area (Å²) in [5.74, 6) is -0.0469. The molecule has 1 heterocycles. The second kappa shape index (κ2) is 6.85. The van der Waals surface area contributed by atoms with Crippen LogP contribution in [0.15, 0.2) is 29.2 Å². The molecule has 1 amide bonds. The van der Waals surface area contributed by atoms with Crippen molar-refractivity contribution in [2.45, 2.75) is 37.3 Å². The molecular formula is C14H17N3OS2. The van der Waals surface area contributed by atoms with Crippen LogP contribution >= 0.6 is 23.1 Å². The average Bonchev–Trinajstić information content (AvgIpc) is 2.89. The Balaban J connectivity index is 1.93. The van der Waals surface area contributed by atoms with E-state index >= 15 is 0 Å². The summed E-state index contributed by atoms with van der Waals surface area (Å²) in [5, 5.41) is 12.1. The number of carbonyl (C=O) groups excluding carboxylic acids is 1. The lowest BCUT2D eigenvalue weighted by molar-refractivity contribution is -0.115. The zero-order valence-electron chi connectivity index (χ0n) is 11.7. The number of benzene rings is 1. The Kier molecular flexibility index (Phi) is 5.14. The molecule has 2 aromatic rings. The van der Waals surface area contributed by atoms with Crippen LogP contribution < -0.4 is 5.32 Å². The molecule has 0 unspecified atom stereocenters. The molecule has 0 spiro atoms. The fraction of sp³-hybridized carbons (Fsp3) is 0.357. The molecule has 0 saturated carbocycles. The van der Waals surface area contributed by atoms with Gasteiger partial charge in [-0.25, -0.2) is 0 Å². The third-order valence-electron chi connectivity index (χ3n) is 2.70. The van der Waals surface area contributed by atoms with Gasteiger partial charge in [0.1, 0.15) is 5.01 Å². The summed E-state index contributed by atoms with van der Waals surface area (Å²) in [6, 6.07) is 8.16. The van der Waals surface area contributed by atoms with Crippen molar-refractivity contribution in [3.8, 4) is 0 Å². The molecule has 1 N–H and O–H groups in total. The first-order chi connectivity index (χ1) is 9.58. The van der Waals surface area contributed by atoms with Crippen LogP contribution in [0.1, 0.15) is 24.4 Å². The number of nitrogens with zero attached hydrogens (tertiary/aromatic N) is 2. The predicted molar refractivity (Wildman–Crippen MR) is 84.4 cm³/mol. The number of carbonyl (C=O) groups is 1. The summed E-state index contributed by atoms with van der Waals surface area (Å²) in [6.45, 7) is 5.95. The van der Waals surface area contributed by atoms with Gasteiger partial charge in [0.25, 0.3) is 0 Å². The van der Waals surface area contributed by atoms with Crippen LogP contribution in [0.5, 0.6) is 0 Å². The molecule has 0 aliphatic heterocycles. The van der Waals surface area contributed by atoms with Crippen molar-refractivity contribution in [3.05, 3.63) is 34.8 Å². The minimum atomic E-state index is -0.174. The van der Waals surface area contributed by atoms with Gasteiger partial charge in [-0.1, -0.05) is 36.0 Å². The van der Waals surface area contributed by atoms with E-state index in [-0.39, 0.29) is 11.2 Å². The maximum atomic E-state index is 12.1. The third-order valence-corrected chi connectivity index (χ3v) is 4.80. The van der Waals surface area contributed by atoms with Crippen molar-refractivity contribution >= 4 is 34.1 Å². The zero-order valence-corrected chi connectivity index (χ0v) is 13.3. The Morgan fingerprint density at radius 1 is 1.35 bits per heavy atom. The van der Waals surface area contributed by atoms with E-state index in [2.05, 4.69) is 15.5 Å². The number of amides is 1. The SMILES string of the molecule is CCc1nnc(NC(=O)[C@@H](C)Sc2ccc(C)cc2)s1. The van der Waals surface area contributed by atoms with Crippen LogP contribution in [0.2, 0.25) is 0 Å². The number of aromatic nitrogens is 2. The summed E-state index contributed by atoms with van der Waals surface area (Å²) >= 11 is 2.96. The molecule has 2 rings (SSSR count). The molecule has 0 saturated heterocycles. The highest BCUT2D eigenvalue weighted by molar-refractivity contribution is 8.00. The van der Waals surface area contributed by atoms with Gasteiger partial charge in [-0.05, 0) is 32.4 Å². The van der Waals surface area contributed by atoms with Gasteiger partial charge in [0.05, 0.1) is 5.25 Å². The fourth-order valence-corrected chi connectivity index (χ4v) is 3.08. The van der Waals surface area contributed by atoms with Crippen molar-refractivity contribution in [3.63, 3.8) is 0 Å². The Hall–Kier alpha value is -1.40. The number of hydrogen-bond donors (Lipinski definition) is 1. The van der Waals surface area contributed by atoms with Gasteiger partial charge in [0, 0.05) is 4.90 Å². The highest BCUT2D eigenvalue weighted by Gasteiger charge is 2.16. The van der Waals surface area contributed by atoms with E-state index in [9.17, 15) is 4.79 Å². The Labute approximate surface area is 127 Å². The Morgan fingerprint density at radius 3 is 2.65 bits per heavy atom. The van der Waals surface area contributed by atoms with E-state index < -0.39 is 0 Å². The predicted octanol–water partition coefficient (Wildman–Crippen LogP) is 3.53. The topological polar surface area (TPSA) is 54.9 Å². The van der Waals surface area contributed by atoms with Crippen molar-refractivity contribution in [1.82, 2.24) is 10.2 Å². The lowest BCUT2D eigenvalue weighted by Gasteiger charge is -2.10. The standard InChI is InChI=1S/C14H17N3OS2/c1-4-12-16-17-14(20-12)15-13(18)10(3)19-11-7-5-9(2)6-8-11/h5-8,10H,4H2,1-3H3,(H,15,17,18)/t10-/m1/s1. The minimum absolute atomic E-state index is 0.0469. The smallest absolute Gasteiger partial charge is 0.239 e. The van der Waals surface area contributed by atoms with E-state index in [0.717, 1.165) is 16.3 Å². The van der Waals surface area contributed by atoms with E-state index in [1.807, 2.05) is 45.0 Å². The van der Waals surface area contributed by atoms with E-state index in [1.165, 1.54) is 28.7 Å². The molecule has 0 aliphatic rings. The lowest BCUT2D eigenvalue weighted by Crippen LogP contribution is -2.22. The van der Waals surface area contributed by atoms with Crippen molar-refractivity contribution in [1.29, 1.82) is 0 Å². The van der Waals surface area contributed by atoms with Crippen LogP contribution in [0, 0.1) is 6.92 Å². The van der Waals surface area contributed by atoms with Gasteiger partial charge in [0.15, 0.2) is 0 Å². The lowest BCUT2D eigenvalue weighted by atomic mass is 10.2. The molecule has 0 fully saturated rings. The number of nitrogens with one attached hydrogen (secondary N) is 1. The van der Waals surface area contributed by atoms with Crippen LogP contribution in [0.3, 0.4) is 0 Å². The molecule has 20 heavy (non-hydrogen) atoms. The molecule has 0 aliphatic carbocycles. The monoisotopic (exact) mass is 307 g/mol. The van der Waals surface area contributed by atoms with Gasteiger partial charge in [0.2, 0.25) is 11.0 Å². The average molecular weight is 307 g/mol. The number of thioether (sulfide) groups is 1. The number of rotatable bonds is 5. The van der Waals surface area contributed by atoms with E-state index in [1.54, 1.807) is 0 Å². The number of aryl methyl sites for hydroxylation is 2. The summed E-state index contributed by atoms with van der Waals surface area (Å²) in [5.41, 5.74) is 1.22. The molecule has 0 bridgehead atoms. The Bertz CT molecular complexity index is 580. The van der Waals surface area contributed by atoms with Crippen LogP contribution in [0.25, 0.3) is 0 Å². The largest absolute Gasteiger partial charge is 0.300 e. The number of hydrogen-bond acceptors (Lipinski definition) is 5. The molecule has 0 radical (unpaired) electrons. The van der Waals surface area contributed by atoms with Gasteiger partial charge in [-0.2, -0.15) is 0 Å². The molecule has 106 valence electrons. The first-order valence-electron chi connectivity index (χ1n) is 6.45. The molecule has 4 nitrogen and oxygen atoms in total. The molecule has 6 heteroatoms. The number of anilines is 1. The second-order valence-corrected chi connectivity index (χ2v) is 6.89. The minimum Gasteiger partial charge on any atom is -0.300 e. The van der Waals surface area contributed by atoms with Gasteiger partial charge < -0.3 is 0 Å². The maximum Gasteiger partial charge on any atom is 0.239 e. The second-order valence-electron chi connectivity index (χ2n) is 4.42. The van der Waals surface area contributed by atoms with E-state index in [0.29, 0.717) is 5.13 Å². The van der Waals surface area contributed by atoms with Gasteiger partial charge in [-0.15, -0.1) is 22.0 Å². The van der Waals surface area contributed by atoms with Gasteiger partial charge >= 0.3 is 0 Å². The van der Waals surface area contributed by atoms with Crippen molar-refractivity contribution in [2.75, 3.05) is 5.32 Å². The molecular weight excluding hydrogens is 290 g/mol. The summed E-state index contributed by atoms with van der Waals surface area (Å²) in [7, 11) is 0. The first kappa shape index (κ1) is 15.0.